The van der Waals surface area contributed by atoms with Crippen LogP contribution in [-0.4, -0.2) is 457 Å². The van der Waals surface area contributed by atoms with E-state index in [1.165, 1.54) is 48.5 Å². The molecule has 14 bridgehead atoms. The van der Waals surface area contributed by atoms with E-state index in [9.17, 15) is 107 Å². The third-order valence-corrected chi connectivity index (χ3v) is 18.0. The molecule has 21 rings (SSSR count). The molecule has 0 amide bonds. The number of aliphatic hydroxyl groups excluding tert-OH is 21. The van der Waals surface area contributed by atoms with Gasteiger partial charge in [0.15, 0.2) is 44.0 Å². The molecule has 42 nitrogen and oxygen atoms in total. The lowest BCUT2D eigenvalue weighted by Gasteiger charge is -2.50. The lowest BCUT2D eigenvalue weighted by molar-refractivity contribution is -0.398. The van der Waals surface area contributed by atoms with Gasteiger partial charge in [0.05, 0.1) is 135 Å². The van der Waals surface area contributed by atoms with E-state index in [0.717, 1.165) is 0 Å². The fourth-order valence-corrected chi connectivity index (χ4v) is 12.8. The second kappa shape index (κ2) is 41.4. The van der Waals surface area contributed by atoms with E-state index in [4.69, 9.17) is 99.5 Å². The van der Waals surface area contributed by atoms with Gasteiger partial charge in [0.1, 0.15) is 171 Å². The van der Waals surface area contributed by atoms with Gasteiger partial charge in [0, 0.05) is 0 Å². The molecule has 9 unspecified atom stereocenters. The van der Waals surface area contributed by atoms with Crippen molar-refractivity contribution in [2.24, 2.45) is 0 Å². The summed E-state index contributed by atoms with van der Waals surface area (Å²) in [4.78, 5) is 0. The highest BCUT2D eigenvalue weighted by atomic mass is 16.8. The second-order valence-corrected chi connectivity index (χ2v) is 28.1. The number of aliphatic hydroxyl groups is 21. The highest BCUT2D eigenvalue weighted by Crippen LogP contribution is 2.40. The maximum Gasteiger partial charge on any atom is 0.187 e. The summed E-state index contributed by atoms with van der Waals surface area (Å²) in [6.07, 6.45) is -78.0. The number of hydrogen-bond donors (Lipinski definition) is 21. The summed E-state index contributed by atoms with van der Waals surface area (Å²) in [5.74, 6) is 0. The molecule has 0 spiro atoms. The zero-order valence-corrected chi connectivity index (χ0v) is 59.1. The molecular weight excluding hydrogens is 1430 g/mol. The quantitative estimate of drug-likeness (QED) is 0.0346. The maximum absolute atomic E-state index is 12.1. The average molecular weight is 1540 g/mol. The summed E-state index contributed by atoms with van der Waals surface area (Å²) in [5.41, 5.74) is 0. The van der Waals surface area contributed by atoms with Gasteiger partial charge >= 0.3 is 0 Å². The molecule has 0 saturated carbocycles. The fourth-order valence-electron chi connectivity index (χ4n) is 12.8. The Morgan fingerprint density at radius 1 is 0.181 bits per heavy atom. The van der Waals surface area contributed by atoms with Gasteiger partial charge in [0.25, 0.3) is 0 Å². The molecule has 105 heavy (non-hydrogen) atoms. The molecule has 0 aliphatic carbocycles. The average Bonchev–Trinajstić information content (AvgIpc) is 0.785. The highest BCUT2D eigenvalue weighted by molar-refractivity contribution is 5.02. The van der Waals surface area contributed by atoms with Crippen LogP contribution in [0.4, 0.5) is 0 Å². The first kappa shape index (κ1) is 88.9. The summed E-state index contributed by atoms with van der Waals surface area (Å²) in [6, 6.07) is 0. The molecule has 21 N–H and O–H groups in total. The fraction of sp³-hybridized carbons (Fsp3) is 1.00. The van der Waals surface area contributed by atoms with Gasteiger partial charge < -0.3 is 207 Å². The molecule has 21 fully saturated rings. The van der Waals surface area contributed by atoms with Crippen LogP contribution in [-0.2, 0) is 99.5 Å². The van der Waals surface area contributed by atoms with Gasteiger partial charge in [-0.3, -0.25) is 0 Å². The molecule has 0 aromatic heterocycles. The van der Waals surface area contributed by atoms with E-state index in [0.29, 0.717) is 0 Å². The largest absolute Gasteiger partial charge is 0.391 e. The summed E-state index contributed by atoms with van der Waals surface area (Å²) in [6.45, 7) is 2.51. The molecule has 21 aliphatic rings. The van der Waals surface area contributed by atoms with Gasteiger partial charge in [-0.25, -0.2) is 0 Å². The van der Waals surface area contributed by atoms with Gasteiger partial charge in [-0.2, -0.15) is 0 Å². The highest BCUT2D eigenvalue weighted by Gasteiger charge is 2.60. The van der Waals surface area contributed by atoms with Crippen molar-refractivity contribution >= 4 is 0 Å². The van der Waals surface area contributed by atoms with Crippen LogP contribution >= 0.6 is 0 Å². The van der Waals surface area contributed by atoms with Crippen molar-refractivity contribution in [3.63, 3.8) is 0 Å². The Balaban J connectivity index is 1.20. The van der Waals surface area contributed by atoms with Crippen LogP contribution in [0.5, 0.6) is 0 Å². The minimum absolute atomic E-state index is 0.379. The van der Waals surface area contributed by atoms with E-state index in [2.05, 4.69) is 0 Å². The molecule has 0 aromatic rings. The van der Waals surface area contributed by atoms with E-state index in [1.54, 1.807) is 0 Å². The van der Waals surface area contributed by atoms with Crippen molar-refractivity contribution in [1.82, 2.24) is 0 Å². The predicted molar refractivity (Wildman–Crippen MR) is 336 cm³/mol. The van der Waals surface area contributed by atoms with Crippen molar-refractivity contribution in [1.29, 1.82) is 0 Å². The molecular formula is C63H112O42. The molecule has 616 valence electrons. The summed E-state index contributed by atoms with van der Waals surface area (Å²) >= 11 is 0. The molecule has 0 radical (unpaired) electrons. The maximum atomic E-state index is 12.1. The minimum Gasteiger partial charge on any atom is -0.391 e. The van der Waals surface area contributed by atoms with Gasteiger partial charge in [-0.15, -0.1) is 0 Å². The third-order valence-electron chi connectivity index (χ3n) is 18.0. The number of rotatable bonds is 28. The van der Waals surface area contributed by atoms with Crippen LogP contribution in [0.3, 0.4) is 0 Å². The SMILES string of the molecule is CC(O)COC[C@H]1O[C@@H]2O[C@H]3[C@H](O)[C@@H](O)[C@@H](O[C@H]4[C@H](O)[C@@H](O)[C@@H](O[C@H]5[C@H](O)[C@@H](O)[C@@H](O[C@H]6[C@H](O)[C@@H](O)[C@@H](O[C@H]7[C@H](O)C(O)[C@@H](O[C@H]8[C@H](O)C(O)[C@@H](O[C@H]1[C@H](O)[C@H]2O)O[C@@H]8COCC(C)O)O[C@@H]7COCC(C)O)O[C@@H]6COCC(C)O)O[C@@H]5COCC(C)O)O[C@@H]4COCC(C)O)O[C@@H]3COCC(C)O. The zero-order chi connectivity index (χ0) is 77.0. The first-order valence-corrected chi connectivity index (χ1v) is 35.2. The van der Waals surface area contributed by atoms with Crippen molar-refractivity contribution < 1.29 is 207 Å². The van der Waals surface area contributed by atoms with Crippen LogP contribution in [0.1, 0.15) is 48.5 Å². The van der Waals surface area contributed by atoms with Gasteiger partial charge in [-0.05, 0) is 48.5 Å². The van der Waals surface area contributed by atoms with Crippen molar-refractivity contribution in [2.45, 2.75) is 306 Å². The number of hydrogen-bond acceptors (Lipinski definition) is 42. The van der Waals surface area contributed by atoms with Crippen LogP contribution in [0.25, 0.3) is 0 Å². The van der Waals surface area contributed by atoms with E-state index in [1.807, 2.05) is 0 Å². The Bertz CT molecular complexity index is 2000. The first-order chi connectivity index (χ1) is 49.6. The first-order valence-electron chi connectivity index (χ1n) is 35.2. The molecule has 42 heteroatoms. The molecule has 21 aliphatic heterocycles. The van der Waals surface area contributed by atoms with Crippen LogP contribution in [0.2, 0.25) is 0 Å². The Morgan fingerprint density at radius 2 is 0.286 bits per heavy atom. The Kier molecular flexibility index (Phi) is 35.0. The monoisotopic (exact) mass is 1540 g/mol. The normalized spacial score (nSPS) is 46.0. The van der Waals surface area contributed by atoms with Crippen molar-refractivity contribution in [3.8, 4) is 0 Å². The Labute approximate surface area is 603 Å². The van der Waals surface area contributed by atoms with Gasteiger partial charge in [0.2, 0.25) is 0 Å². The molecule has 21 saturated heterocycles. The minimum atomic E-state index is -2.24. The lowest BCUT2D eigenvalue weighted by Crippen LogP contribution is -2.68. The van der Waals surface area contributed by atoms with Crippen LogP contribution in [0, 0.1) is 0 Å². The Hall–Kier alpha value is -1.68. The Morgan fingerprint density at radius 3 is 0.381 bits per heavy atom. The lowest BCUT2D eigenvalue weighted by atomic mass is 9.95. The predicted octanol–water partition coefficient (Wildman–Crippen LogP) is -12.4. The van der Waals surface area contributed by atoms with Crippen molar-refractivity contribution in [3.05, 3.63) is 0 Å². The van der Waals surface area contributed by atoms with Crippen LogP contribution < -0.4 is 0 Å². The second-order valence-electron chi connectivity index (χ2n) is 28.1. The van der Waals surface area contributed by atoms with E-state index in [-0.39, 0.29) is 46.2 Å². The summed E-state index contributed by atoms with van der Waals surface area (Å²) in [7, 11) is 0. The topological polar surface area (TPSA) is 619 Å². The van der Waals surface area contributed by atoms with E-state index < -0.39 is 304 Å². The van der Waals surface area contributed by atoms with Gasteiger partial charge in [-0.1, -0.05) is 0 Å². The molecule has 0 aromatic carbocycles. The summed E-state index contributed by atoms with van der Waals surface area (Å²) < 4.78 is 126. The van der Waals surface area contributed by atoms with Crippen molar-refractivity contribution in [2.75, 3.05) is 92.5 Å². The summed E-state index contributed by atoms with van der Waals surface area (Å²) in [5, 5.41) is 240. The standard InChI is InChI=1S/C63H112O42/c1-22(64)8-85-15-29-50-36(71)43(78)57(92-29)100-51-30(16-86-9-23(2)65)94-59(45(80)38(51)73)102-53-32(18-88-11-25(4)67)96-61(47(82)40(53)75)104-55-34(20-90-13-27(6)69)98-63(49(84)42(55)77)105-56-35(21-91-14-28(7)70)97-62(48(83)41(56)76)103-54-33(19-89-12-26(5)68)95-60(46(81)39(54)74)101-52-31(17-87-10-24(3)66)93-58(99-50)44(79)37(52)72/h22-84H,8-21H2,1-7H3/t22?,23?,24?,25?,26?,27?,28?,29-,30-,31-,32-,33-,34-,35-,36-,37-,38-,39-,40-,41-,42-,43-,44-,45-,46-,47-,48?,49?,50-,51-,52-,53-,54-,55-,56-,57-,58-,59-,60-,61-,62-,63-/m1/s1. The van der Waals surface area contributed by atoms with E-state index >= 15 is 0 Å². The molecule has 42 atom stereocenters. The third kappa shape index (κ3) is 23.7. The molecule has 21 heterocycles. The zero-order valence-electron chi connectivity index (χ0n) is 59.1. The van der Waals surface area contributed by atoms with Crippen LogP contribution in [0.15, 0.2) is 0 Å². The smallest absolute Gasteiger partial charge is 0.187 e. The number of ether oxygens (including phenoxy) is 21.